The number of rotatable bonds is 4. The lowest BCUT2D eigenvalue weighted by atomic mass is 9.93. The predicted molar refractivity (Wildman–Crippen MR) is 92.2 cm³/mol. The van der Waals surface area contributed by atoms with E-state index in [1.807, 2.05) is 17.9 Å². The SMILES string of the molecule is CCC(=O)N1CC[C@H](NCc2cc3cc(C)ccc3o2)[C@H](C)C1. The predicted octanol–water partition coefficient (Wildman–Crippen LogP) is 3.48. The third-order valence-corrected chi connectivity index (χ3v) is 4.82. The molecule has 1 N–H and O–H groups in total. The molecule has 0 radical (unpaired) electrons. The number of amides is 1. The molecule has 124 valence electrons. The number of likely N-dealkylation sites (tertiary alicyclic amines) is 1. The molecule has 0 aliphatic carbocycles. The molecule has 0 bridgehead atoms. The average Bonchev–Trinajstić information content (AvgIpc) is 2.94. The van der Waals surface area contributed by atoms with Gasteiger partial charge in [0.15, 0.2) is 0 Å². The van der Waals surface area contributed by atoms with Crippen LogP contribution < -0.4 is 5.32 Å². The van der Waals surface area contributed by atoms with Gasteiger partial charge in [-0.1, -0.05) is 25.5 Å². The van der Waals surface area contributed by atoms with Gasteiger partial charge in [0.25, 0.3) is 0 Å². The van der Waals surface area contributed by atoms with Gasteiger partial charge < -0.3 is 14.6 Å². The monoisotopic (exact) mass is 314 g/mol. The first kappa shape index (κ1) is 16.1. The number of carbonyl (C=O) groups excluding carboxylic acids is 1. The van der Waals surface area contributed by atoms with Crippen molar-refractivity contribution in [2.45, 2.75) is 46.2 Å². The maximum absolute atomic E-state index is 11.8. The zero-order chi connectivity index (χ0) is 16.4. The van der Waals surface area contributed by atoms with Crippen molar-refractivity contribution in [2.75, 3.05) is 13.1 Å². The molecular weight excluding hydrogens is 288 g/mol. The van der Waals surface area contributed by atoms with Crippen molar-refractivity contribution >= 4 is 16.9 Å². The van der Waals surface area contributed by atoms with Crippen LogP contribution in [0.15, 0.2) is 28.7 Å². The Hall–Kier alpha value is -1.81. The molecule has 1 aromatic carbocycles. The van der Waals surface area contributed by atoms with E-state index in [0.717, 1.165) is 37.4 Å². The van der Waals surface area contributed by atoms with E-state index in [1.165, 1.54) is 10.9 Å². The van der Waals surface area contributed by atoms with E-state index in [9.17, 15) is 4.79 Å². The minimum Gasteiger partial charge on any atom is -0.460 e. The van der Waals surface area contributed by atoms with E-state index < -0.39 is 0 Å². The number of nitrogens with zero attached hydrogens (tertiary/aromatic N) is 1. The highest BCUT2D eigenvalue weighted by Gasteiger charge is 2.27. The van der Waals surface area contributed by atoms with E-state index in [2.05, 4.69) is 37.4 Å². The summed E-state index contributed by atoms with van der Waals surface area (Å²) in [5, 5.41) is 4.77. The molecule has 4 heteroatoms. The van der Waals surface area contributed by atoms with Crippen LogP contribution in [0.3, 0.4) is 0 Å². The lowest BCUT2D eigenvalue weighted by molar-refractivity contribution is -0.132. The minimum absolute atomic E-state index is 0.267. The zero-order valence-electron chi connectivity index (χ0n) is 14.3. The van der Waals surface area contributed by atoms with Crippen molar-refractivity contribution in [3.63, 3.8) is 0 Å². The van der Waals surface area contributed by atoms with Crippen molar-refractivity contribution in [3.8, 4) is 0 Å². The maximum atomic E-state index is 11.8. The van der Waals surface area contributed by atoms with Gasteiger partial charge in [-0.05, 0) is 37.5 Å². The van der Waals surface area contributed by atoms with Crippen LogP contribution in [0.5, 0.6) is 0 Å². The molecule has 2 aromatic rings. The van der Waals surface area contributed by atoms with Crippen LogP contribution in [0, 0.1) is 12.8 Å². The van der Waals surface area contributed by atoms with Gasteiger partial charge >= 0.3 is 0 Å². The Morgan fingerprint density at radius 2 is 2.22 bits per heavy atom. The number of nitrogens with one attached hydrogen (secondary N) is 1. The molecule has 1 amide bonds. The summed E-state index contributed by atoms with van der Waals surface area (Å²) in [6.07, 6.45) is 1.61. The quantitative estimate of drug-likeness (QED) is 0.940. The van der Waals surface area contributed by atoms with Crippen LogP contribution in [-0.4, -0.2) is 29.9 Å². The Labute approximate surface area is 137 Å². The van der Waals surface area contributed by atoms with E-state index >= 15 is 0 Å². The van der Waals surface area contributed by atoms with E-state index in [1.54, 1.807) is 0 Å². The number of hydrogen-bond acceptors (Lipinski definition) is 3. The molecule has 4 nitrogen and oxygen atoms in total. The van der Waals surface area contributed by atoms with Gasteiger partial charge in [0.1, 0.15) is 11.3 Å². The Morgan fingerprint density at radius 3 is 2.96 bits per heavy atom. The Bertz CT molecular complexity index is 692. The van der Waals surface area contributed by atoms with Gasteiger partial charge in [-0.3, -0.25) is 4.79 Å². The van der Waals surface area contributed by atoms with Crippen LogP contribution >= 0.6 is 0 Å². The average molecular weight is 314 g/mol. The third-order valence-electron chi connectivity index (χ3n) is 4.82. The fourth-order valence-electron chi connectivity index (χ4n) is 3.44. The topological polar surface area (TPSA) is 45.5 Å². The number of piperidine rings is 1. The second-order valence-corrected chi connectivity index (χ2v) is 6.70. The standard InChI is InChI=1S/C19H26N2O2/c1-4-19(22)21-8-7-17(14(3)12-21)20-11-16-10-15-9-13(2)5-6-18(15)23-16/h5-6,9-10,14,17,20H,4,7-8,11-12H2,1-3H3/t14-,17+/m1/s1. The van der Waals surface area contributed by atoms with Gasteiger partial charge in [-0.2, -0.15) is 0 Å². The van der Waals surface area contributed by atoms with Crippen LogP contribution in [0.4, 0.5) is 0 Å². The Morgan fingerprint density at radius 1 is 1.39 bits per heavy atom. The number of benzene rings is 1. The fourth-order valence-corrected chi connectivity index (χ4v) is 3.44. The Balaban J connectivity index is 1.58. The summed E-state index contributed by atoms with van der Waals surface area (Å²) in [5.41, 5.74) is 2.20. The summed E-state index contributed by atoms with van der Waals surface area (Å²) in [7, 11) is 0. The third kappa shape index (κ3) is 3.58. The van der Waals surface area contributed by atoms with Crippen LogP contribution in [-0.2, 0) is 11.3 Å². The summed E-state index contributed by atoms with van der Waals surface area (Å²) >= 11 is 0. The fraction of sp³-hybridized carbons (Fsp3) is 0.526. The number of carbonyl (C=O) groups is 1. The molecule has 1 aliphatic heterocycles. The summed E-state index contributed by atoms with van der Waals surface area (Å²) in [5.74, 6) is 1.71. The van der Waals surface area contributed by atoms with Gasteiger partial charge in [-0.15, -0.1) is 0 Å². The molecule has 1 aliphatic rings. The highest BCUT2D eigenvalue weighted by molar-refractivity contribution is 5.78. The first-order chi connectivity index (χ1) is 11.1. The smallest absolute Gasteiger partial charge is 0.222 e. The van der Waals surface area contributed by atoms with Crippen molar-refractivity contribution in [2.24, 2.45) is 5.92 Å². The molecule has 2 atom stereocenters. The number of fused-ring (bicyclic) bond motifs is 1. The van der Waals surface area contributed by atoms with Gasteiger partial charge in [0.2, 0.25) is 5.91 Å². The van der Waals surface area contributed by atoms with Gasteiger partial charge in [-0.25, -0.2) is 0 Å². The molecule has 2 heterocycles. The highest BCUT2D eigenvalue weighted by Crippen LogP contribution is 2.22. The highest BCUT2D eigenvalue weighted by atomic mass is 16.3. The van der Waals surface area contributed by atoms with Gasteiger partial charge in [0, 0.05) is 30.9 Å². The summed E-state index contributed by atoms with van der Waals surface area (Å²) in [4.78, 5) is 13.8. The van der Waals surface area contributed by atoms with Crippen LogP contribution in [0.25, 0.3) is 11.0 Å². The number of aryl methyl sites for hydroxylation is 1. The summed E-state index contributed by atoms with van der Waals surface area (Å²) < 4.78 is 5.90. The van der Waals surface area contributed by atoms with Crippen molar-refractivity contribution in [1.29, 1.82) is 0 Å². The van der Waals surface area contributed by atoms with Crippen molar-refractivity contribution in [3.05, 3.63) is 35.6 Å². The van der Waals surface area contributed by atoms with Gasteiger partial charge in [0.05, 0.1) is 6.54 Å². The summed E-state index contributed by atoms with van der Waals surface area (Å²) in [6, 6.07) is 8.82. The van der Waals surface area contributed by atoms with Crippen LogP contribution in [0.2, 0.25) is 0 Å². The van der Waals surface area contributed by atoms with E-state index in [4.69, 9.17) is 4.42 Å². The molecule has 1 aromatic heterocycles. The molecule has 23 heavy (non-hydrogen) atoms. The molecular formula is C19H26N2O2. The summed E-state index contributed by atoms with van der Waals surface area (Å²) in [6.45, 7) is 8.69. The van der Waals surface area contributed by atoms with E-state index in [0.29, 0.717) is 18.4 Å². The molecule has 0 spiro atoms. The van der Waals surface area contributed by atoms with E-state index in [-0.39, 0.29) is 5.91 Å². The molecule has 1 fully saturated rings. The number of furan rings is 1. The maximum Gasteiger partial charge on any atom is 0.222 e. The molecule has 0 saturated carbocycles. The second-order valence-electron chi connectivity index (χ2n) is 6.70. The lowest BCUT2D eigenvalue weighted by Gasteiger charge is -2.37. The second kappa shape index (κ2) is 6.75. The molecule has 1 saturated heterocycles. The first-order valence-electron chi connectivity index (χ1n) is 8.57. The molecule has 3 rings (SSSR count). The minimum atomic E-state index is 0.267. The Kier molecular flexibility index (Phi) is 4.71. The first-order valence-corrected chi connectivity index (χ1v) is 8.57. The zero-order valence-corrected chi connectivity index (χ0v) is 14.3. The van der Waals surface area contributed by atoms with Crippen molar-refractivity contribution < 1.29 is 9.21 Å². The van der Waals surface area contributed by atoms with Crippen molar-refractivity contribution in [1.82, 2.24) is 10.2 Å². The lowest BCUT2D eigenvalue weighted by Crippen LogP contribution is -2.49. The van der Waals surface area contributed by atoms with Crippen LogP contribution in [0.1, 0.15) is 38.0 Å². The largest absolute Gasteiger partial charge is 0.460 e. The molecule has 0 unspecified atom stereocenters. The normalized spacial score (nSPS) is 21.8. The number of hydrogen-bond donors (Lipinski definition) is 1.